The molecule has 1 N–H and O–H groups in total. The molecule has 0 radical (unpaired) electrons. The van der Waals surface area contributed by atoms with Gasteiger partial charge in [0.1, 0.15) is 18.0 Å². The Labute approximate surface area is 203 Å². The highest BCUT2D eigenvalue weighted by Crippen LogP contribution is 2.35. The number of nitrogens with zero attached hydrogens (tertiary/aromatic N) is 3. The Morgan fingerprint density at radius 3 is 2.94 bits per heavy atom. The van der Waals surface area contributed by atoms with Crippen LogP contribution in [0.3, 0.4) is 0 Å². The van der Waals surface area contributed by atoms with Crippen LogP contribution < -0.4 is 14.8 Å². The second-order valence-corrected chi connectivity index (χ2v) is 9.18. The van der Waals surface area contributed by atoms with Crippen molar-refractivity contribution in [2.45, 2.75) is 25.4 Å². The second kappa shape index (κ2) is 10.3. The molecule has 1 aromatic heterocycles. The van der Waals surface area contributed by atoms with Gasteiger partial charge in [-0.25, -0.2) is 14.4 Å². The van der Waals surface area contributed by atoms with Crippen LogP contribution in [0.5, 0.6) is 11.5 Å². The van der Waals surface area contributed by atoms with Crippen molar-refractivity contribution < 1.29 is 18.6 Å². The molecular formula is C25H28ClFN4O3. The Kier molecular flexibility index (Phi) is 6.99. The van der Waals surface area contributed by atoms with Crippen LogP contribution in [0.4, 0.5) is 15.9 Å². The van der Waals surface area contributed by atoms with Crippen molar-refractivity contribution in [2.75, 3.05) is 45.3 Å². The predicted octanol–water partition coefficient (Wildman–Crippen LogP) is 5.05. The highest BCUT2D eigenvalue weighted by molar-refractivity contribution is 6.31. The van der Waals surface area contributed by atoms with Crippen LogP contribution in [0, 0.1) is 11.7 Å². The van der Waals surface area contributed by atoms with Crippen LogP contribution in [0.25, 0.3) is 10.9 Å². The molecule has 2 aliphatic rings. The van der Waals surface area contributed by atoms with Gasteiger partial charge in [-0.3, -0.25) is 0 Å². The predicted molar refractivity (Wildman–Crippen MR) is 130 cm³/mol. The molecule has 0 spiro atoms. The first kappa shape index (κ1) is 23.1. The summed E-state index contributed by atoms with van der Waals surface area (Å²) in [6, 6.07) is 8.14. The van der Waals surface area contributed by atoms with Crippen LogP contribution >= 0.6 is 11.6 Å². The fourth-order valence-corrected chi connectivity index (χ4v) is 4.95. The van der Waals surface area contributed by atoms with Gasteiger partial charge < -0.3 is 24.4 Å². The third-order valence-electron chi connectivity index (χ3n) is 6.49. The van der Waals surface area contributed by atoms with Crippen molar-refractivity contribution in [1.29, 1.82) is 0 Å². The number of anilines is 2. The van der Waals surface area contributed by atoms with Gasteiger partial charge in [0, 0.05) is 43.4 Å². The maximum Gasteiger partial charge on any atom is 0.162 e. The van der Waals surface area contributed by atoms with Crippen molar-refractivity contribution in [2.24, 2.45) is 5.92 Å². The lowest BCUT2D eigenvalue weighted by Crippen LogP contribution is -2.28. The molecule has 3 aromatic rings. The average Bonchev–Trinajstić information content (AvgIpc) is 3.27. The van der Waals surface area contributed by atoms with E-state index in [1.165, 1.54) is 31.3 Å². The minimum Gasteiger partial charge on any atom is -0.493 e. The lowest BCUT2D eigenvalue weighted by atomic mass is 9.98. The highest BCUT2D eigenvalue weighted by atomic mass is 35.5. The van der Waals surface area contributed by atoms with Gasteiger partial charge in [0.2, 0.25) is 0 Å². The first-order valence-corrected chi connectivity index (χ1v) is 12.0. The number of likely N-dealkylation sites (tertiary alicyclic amines) is 1. The zero-order valence-corrected chi connectivity index (χ0v) is 19.9. The van der Waals surface area contributed by atoms with Crippen molar-refractivity contribution in [3.05, 3.63) is 47.5 Å². The van der Waals surface area contributed by atoms with E-state index in [2.05, 4.69) is 20.2 Å². The number of ether oxygens (including phenoxy) is 3. The van der Waals surface area contributed by atoms with E-state index in [9.17, 15) is 4.39 Å². The van der Waals surface area contributed by atoms with Crippen molar-refractivity contribution in [3.63, 3.8) is 0 Å². The van der Waals surface area contributed by atoms with E-state index >= 15 is 0 Å². The molecule has 2 atom stereocenters. The molecule has 180 valence electrons. The summed E-state index contributed by atoms with van der Waals surface area (Å²) in [7, 11) is 1.61. The molecule has 34 heavy (non-hydrogen) atoms. The fraction of sp³-hybridized carbons (Fsp3) is 0.440. The molecule has 0 amide bonds. The number of hydrogen-bond donors (Lipinski definition) is 1. The van der Waals surface area contributed by atoms with Gasteiger partial charge in [0.05, 0.1) is 30.4 Å². The van der Waals surface area contributed by atoms with Crippen molar-refractivity contribution >= 4 is 34.0 Å². The van der Waals surface area contributed by atoms with Gasteiger partial charge in [0.25, 0.3) is 0 Å². The summed E-state index contributed by atoms with van der Waals surface area (Å²) in [6.07, 6.45) is 5.22. The van der Waals surface area contributed by atoms with Gasteiger partial charge >= 0.3 is 0 Å². The molecular weight excluding hydrogens is 459 g/mol. The van der Waals surface area contributed by atoms with Gasteiger partial charge in [-0.2, -0.15) is 0 Å². The number of aromatic nitrogens is 2. The van der Waals surface area contributed by atoms with E-state index in [4.69, 9.17) is 25.8 Å². The summed E-state index contributed by atoms with van der Waals surface area (Å²) < 4.78 is 31.1. The molecule has 0 aliphatic carbocycles. The van der Waals surface area contributed by atoms with Crippen molar-refractivity contribution in [1.82, 2.24) is 14.9 Å². The highest BCUT2D eigenvalue weighted by Gasteiger charge is 2.34. The number of nitrogens with one attached hydrogen (secondary N) is 1. The molecule has 5 rings (SSSR count). The Hall–Kier alpha value is -2.68. The quantitative estimate of drug-likeness (QED) is 0.446. The fourth-order valence-electron chi connectivity index (χ4n) is 4.77. The monoisotopic (exact) mass is 486 g/mol. The lowest BCUT2D eigenvalue weighted by molar-refractivity contribution is -0.00113. The zero-order valence-electron chi connectivity index (χ0n) is 19.1. The van der Waals surface area contributed by atoms with Gasteiger partial charge in [-0.15, -0.1) is 0 Å². The Bertz CT molecular complexity index is 1150. The first-order chi connectivity index (χ1) is 16.6. The Balaban J connectivity index is 1.27. The largest absolute Gasteiger partial charge is 0.493 e. The van der Waals surface area contributed by atoms with E-state index in [1.807, 2.05) is 12.1 Å². The van der Waals surface area contributed by atoms with E-state index < -0.39 is 5.82 Å². The first-order valence-electron chi connectivity index (χ1n) is 11.6. The smallest absolute Gasteiger partial charge is 0.162 e. The molecule has 0 saturated carbocycles. The standard InChI is InChI=1S/C25H28ClFN4O3/c1-32-22-12-21-18(25(29-15-28-21)30-17-5-6-20(27)19(26)10-17)11-23(22)33-9-3-7-31-13-16-4-2-8-34-24(16)14-31/h5-6,10-12,15-16,24H,2-4,7-9,13-14H2,1H3,(H,28,29,30). The second-order valence-electron chi connectivity index (χ2n) is 8.77. The number of methoxy groups -OCH3 is 1. The van der Waals surface area contributed by atoms with Gasteiger partial charge in [0.15, 0.2) is 11.5 Å². The minimum absolute atomic E-state index is 0.0397. The van der Waals surface area contributed by atoms with Crippen LogP contribution in [0.15, 0.2) is 36.7 Å². The molecule has 0 bridgehead atoms. The summed E-state index contributed by atoms with van der Waals surface area (Å²) >= 11 is 5.92. The van der Waals surface area contributed by atoms with Crippen LogP contribution in [-0.2, 0) is 4.74 Å². The SMILES string of the molecule is COc1cc2ncnc(Nc3ccc(F)c(Cl)c3)c2cc1OCCCN1CC2CCCOC2C1. The molecule has 2 aliphatic heterocycles. The number of fused-ring (bicyclic) bond motifs is 2. The van der Waals surface area contributed by atoms with E-state index in [0.717, 1.165) is 38.0 Å². The van der Waals surface area contributed by atoms with E-state index in [0.29, 0.717) is 47.1 Å². The maximum absolute atomic E-state index is 13.5. The summed E-state index contributed by atoms with van der Waals surface area (Å²) in [6.45, 7) is 4.58. The topological polar surface area (TPSA) is 68.7 Å². The molecule has 2 fully saturated rings. The zero-order chi connectivity index (χ0) is 23.5. The molecule has 2 unspecified atom stereocenters. The molecule has 3 heterocycles. The number of benzene rings is 2. The third-order valence-corrected chi connectivity index (χ3v) is 6.78. The normalized spacial score (nSPS) is 20.3. The summed E-state index contributed by atoms with van der Waals surface area (Å²) in [4.78, 5) is 11.2. The molecule has 7 nitrogen and oxygen atoms in total. The molecule has 2 saturated heterocycles. The molecule has 9 heteroatoms. The Morgan fingerprint density at radius 2 is 2.12 bits per heavy atom. The third kappa shape index (κ3) is 5.04. The van der Waals surface area contributed by atoms with Crippen LogP contribution in [0.1, 0.15) is 19.3 Å². The summed E-state index contributed by atoms with van der Waals surface area (Å²) in [5, 5.41) is 3.99. The van der Waals surface area contributed by atoms with E-state index in [1.54, 1.807) is 13.2 Å². The Morgan fingerprint density at radius 1 is 1.21 bits per heavy atom. The number of hydrogen-bond acceptors (Lipinski definition) is 7. The number of halogens is 2. The summed E-state index contributed by atoms with van der Waals surface area (Å²) in [5.41, 5.74) is 1.33. The van der Waals surface area contributed by atoms with Crippen LogP contribution in [0.2, 0.25) is 5.02 Å². The molecule has 2 aromatic carbocycles. The lowest BCUT2D eigenvalue weighted by Gasteiger charge is -2.24. The average molecular weight is 487 g/mol. The van der Waals surface area contributed by atoms with Gasteiger partial charge in [-0.1, -0.05) is 11.6 Å². The minimum atomic E-state index is -0.472. The maximum atomic E-state index is 13.5. The van der Waals surface area contributed by atoms with Crippen LogP contribution in [-0.4, -0.2) is 60.9 Å². The van der Waals surface area contributed by atoms with Crippen molar-refractivity contribution in [3.8, 4) is 11.5 Å². The number of rotatable bonds is 8. The van der Waals surface area contributed by atoms with Gasteiger partial charge in [-0.05, 0) is 49.4 Å². The van der Waals surface area contributed by atoms with E-state index in [-0.39, 0.29) is 5.02 Å². The summed E-state index contributed by atoms with van der Waals surface area (Å²) in [5.74, 6) is 2.02.